The Morgan fingerprint density at radius 2 is 1.94 bits per heavy atom. The minimum atomic E-state index is 0.335. The lowest BCUT2D eigenvalue weighted by molar-refractivity contribution is -0.115. The van der Waals surface area contributed by atoms with E-state index in [2.05, 4.69) is 24.3 Å². The first kappa shape index (κ1) is 11.5. The first-order valence-corrected chi connectivity index (χ1v) is 6.65. The van der Waals surface area contributed by atoms with Gasteiger partial charge >= 0.3 is 0 Å². The first-order valence-electron chi connectivity index (χ1n) is 5.67. The number of hydrogen-bond acceptors (Lipinski definition) is 2. The Labute approximate surface area is 101 Å². The molecule has 0 aliphatic heterocycles. The average molecular weight is 232 g/mol. The van der Waals surface area contributed by atoms with Crippen LogP contribution in [0.5, 0.6) is 0 Å². The van der Waals surface area contributed by atoms with Crippen molar-refractivity contribution in [2.45, 2.75) is 31.9 Å². The van der Waals surface area contributed by atoms with E-state index in [1.165, 1.54) is 10.5 Å². The second kappa shape index (κ2) is 5.35. The third-order valence-electron chi connectivity index (χ3n) is 2.90. The smallest absolute Gasteiger partial charge is 0.159 e. The van der Waals surface area contributed by atoms with Crippen molar-refractivity contribution in [2.24, 2.45) is 0 Å². The number of benzene rings is 1. The number of ketones is 1. The Hall–Kier alpha value is -1.02. The summed E-state index contributed by atoms with van der Waals surface area (Å²) in [5.74, 6) is 1.31. The lowest BCUT2D eigenvalue weighted by atomic mass is 9.99. The van der Waals surface area contributed by atoms with Crippen molar-refractivity contribution in [3.63, 3.8) is 0 Å². The molecule has 0 atom stereocenters. The maximum Gasteiger partial charge on any atom is 0.159 e. The molecule has 0 saturated carbocycles. The fraction of sp³-hybridized carbons (Fsp3) is 0.357. The zero-order chi connectivity index (χ0) is 11.4. The molecule has 1 nitrogen and oxygen atoms in total. The molecule has 0 spiro atoms. The standard InChI is InChI=1S/C14H16OS/c1-11-13(15)8-5-9-14(11)16-10-12-6-3-2-4-7-12/h2-4,6-7H,5,8-10H2,1H3. The summed E-state index contributed by atoms with van der Waals surface area (Å²) >= 11 is 1.82. The van der Waals surface area contributed by atoms with Gasteiger partial charge in [-0.3, -0.25) is 4.79 Å². The highest BCUT2D eigenvalue weighted by Gasteiger charge is 2.16. The van der Waals surface area contributed by atoms with Gasteiger partial charge in [-0.2, -0.15) is 0 Å². The second-order valence-corrected chi connectivity index (χ2v) is 5.17. The van der Waals surface area contributed by atoms with Gasteiger partial charge in [0.1, 0.15) is 0 Å². The molecule has 0 heterocycles. The Bertz CT molecular complexity index is 406. The van der Waals surface area contributed by atoms with Crippen LogP contribution < -0.4 is 0 Å². The van der Waals surface area contributed by atoms with E-state index in [9.17, 15) is 4.79 Å². The molecule has 0 fully saturated rings. The van der Waals surface area contributed by atoms with Gasteiger partial charge in [0.15, 0.2) is 5.78 Å². The van der Waals surface area contributed by atoms with Crippen LogP contribution in [0.2, 0.25) is 0 Å². The predicted octanol–water partition coefficient (Wildman–Crippen LogP) is 3.95. The number of rotatable bonds is 3. The van der Waals surface area contributed by atoms with Crippen LogP contribution in [0, 0.1) is 0 Å². The van der Waals surface area contributed by atoms with Gasteiger partial charge in [0, 0.05) is 17.7 Å². The Morgan fingerprint density at radius 1 is 1.19 bits per heavy atom. The van der Waals surface area contributed by atoms with Crippen molar-refractivity contribution >= 4 is 17.5 Å². The summed E-state index contributed by atoms with van der Waals surface area (Å²) < 4.78 is 0. The Morgan fingerprint density at radius 3 is 2.69 bits per heavy atom. The maximum absolute atomic E-state index is 11.5. The summed E-state index contributed by atoms with van der Waals surface area (Å²) in [4.78, 5) is 12.8. The van der Waals surface area contributed by atoms with Gasteiger partial charge < -0.3 is 0 Å². The van der Waals surface area contributed by atoms with Crippen LogP contribution in [0.15, 0.2) is 40.8 Å². The molecule has 2 rings (SSSR count). The van der Waals surface area contributed by atoms with Gasteiger partial charge in [-0.15, -0.1) is 11.8 Å². The molecule has 0 aromatic heterocycles. The molecule has 0 amide bonds. The number of carbonyl (C=O) groups is 1. The molecular formula is C14H16OS. The summed E-state index contributed by atoms with van der Waals surface area (Å²) in [6.45, 7) is 1.97. The fourth-order valence-electron chi connectivity index (χ4n) is 1.87. The Balaban J connectivity index is 2.00. The molecule has 1 aromatic carbocycles. The van der Waals surface area contributed by atoms with Gasteiger partial charge in [0.2, 0.25) is 0 Å². The molecule has 0 N–H and O–H groups in total. The van der Waals surface area contributed by atoms with E-state index < -0.39 is 0 Å². The van der Waals surface area contributed by atoms with Gasteiger partial charge in [-0.1, -0.05) is 30.3 Å². The Kier molecular flexibility index (Phi) is 3.83. The van der Waals surface area contributed by atoms with E-state index in [0.29, 0.717) is 5.78 Å². The quantitative estimate of drug-likeness (QED) is 0.785. The molecule has 0 saturated heterocycles. The molecule has 0 radical (unpaired) electrons. The minimum Gasteiger partial charge on any atom is -0.295 e. The van der Waals surface area contributed by atoms with Gasteiger partial charge in [0.05, 0.1) is 0 Å². The highest BCUT2D eigenvalue weighted by molar-refractivity contribution is 8.02. The molecule has 84 valence electrons. The summed E-state index contributed by atoms with van der Waals surface area (Å²) in [6, 6.07) is 10.4. The fourth-order valence-corrected chi connectivity index (χ4v) is 3.02. The van der Waals surface area contributed by atoms with Crippen molar-refractivity contribution in [2.75, 3.05) is 0 Å². The number of thioether (sulfide) groups is 1. The lowest BCUT2D eigenvalue weighted by Gasteiger charge is -2.16. The van der Waals surface area contributed by atoms with Crippen molar-refractivity contribution in [1.29, 1.82) is 0 Å². The van der Waals surface area contributed by atoms with E-state index in [1.807, 2.05) is 24.8 Å². The molecule has 16 heavy (non-hydrogen) atoms. The van der Waals surface area contributed by atoms with E-state index in [4.69, 9.17) is 0 Å². The van der Waals surface area contributed by atoms with Crippen LogP contribution >= 0.6 is 11.8 Å². The number of hydrogen-bond donors (Lipinski definition) is 0. The van der Waals surface area contributed by atoms with E-state index in [1.54, 1.807) is 0 Å². The molecule has 0 bridgehead atoms. The summed E-state index contributed by atoms with van der Waals surface area (Å²) in [6.07, 6.45) is 2.84. The van der Waals surface area contributed by atoms with Crippen LogP contribution in [0.1, 0.15) is 31.7 Å². The number of Topliss-reactive ketones (excluding diaryl/α,β-unsaturated/α-hetero) is 1. The average Bonchev–Trinajstić information content (AvgIpc) is 2.32. The van der Waals surface area contributed by atoms with Crippen molar-refractivity contribution in [1.82, 2.24) is 0 Å². The second-order valence-electron chi connectivity index (χ2n) is 4.10. The van der Waals surface area contributed by atoms with Crippen molar-refractivity contribution in [3.05, 3.63) is 46.4 Å². The zero-order valence-electron chi connectivity index (χ0n) is 9.53. The lowest BCUT2D eigenvalue weighted by Crippen LogP contribution is -2.07. The summed E-state index contributed by atoms with van der Waals surface area (Å²) in [5.41, 5.74) is 2.32. The molecule has 1 aromatic rings. The highest BCUT2D eigenvalue weighted by atomic mass is 32.2. The summed E-state index contributed by atoms with van der Waals surface area (Å²) in [5, 5.41) is 0. The monoisotopic (exact) mass is 232 g/mol. The van der Waals surface area contributed by atoms with Gasteiger partial charge in [-0.05, 0) is 30.2 Å². The van der Waals surface area contributed by atoms with E-state index in [-0.39, 0.29) is 0 Å². The summed E-state index contributed by atoms with van der Waals surface area (Å²) in [7, 11) is 0. The normalized spacial score (nSPS) is 16.7. The minimum absolute atomic E-state index is 0.335. The highest BCUT2D eigenvalue weighted by Crippen LogP contribution is 2.32. The third kappa shape index (κ3) is 2.76. The van der Waals surface area contributed by atoms with Crippen LogP contribution in [-0.2, 0) is 10.5 Å². The van der Waals surface area contributed by atoms with E-state index in [0.717, 1.165) is 30.6 Å². The molecule has 0 unspecified atom stereocenters. The van der Waals surface area contributed by atoms with E-state index >= 15 is 0 Å². The predicted molar refractivity (Wildman–Crippen MR) is 69.3 cm³/mol. The third-order valence-corrected chi connectivity index (χ3v) is 4.24. The van der Waals surface area contributed by atoms with Gasteiger partial charge in [-0.25, -0.2) is 0 Å². The van der Waals surface area contributed by atoms with Crippen molar-refractivity contribution in [3.8, 4) is 0 Å². The van der Waals surface area contributed by atoms with Crippen LogP contribution in [-0.4, -0.2) is 5.78 Å². The maximum atomic E-state index is 11.5. The number of allylic oxidation sites excluding steroid dienone is 2. The molecular weight excluding hydrogens is 216 g/mol. The molecule has 1 aliphatic rings. The van der Waals surface area contributed by atoms with Gasteiger partial charge in [0.25, 0.3) is 0 Å². The van der Waals surface area contributed by atoms with Crippen LogP contribution in [0.4, 0.5) is 0 Å². The van der Waals surface area contributed by atoms with Crippen LogP contribution in [0.3, 0.4) is 0 Å². The zero-order valence-corrected chi connectivity index (χ0v) is 10.3. The molecule has 2 heteroatoms. The van der Waals surface area contributed by atoms with Crippen molar-refractivity contribution < 1.29 is 4.79 Å². The van der Waals surface area contributed by atoms with Crippen LogP contribution in [0.25, 0.3) is 0 Å². The first-order chi connectivity index (χ1) is 7.77. The SMILES string of the molecule is CC1=C(SCc2ccccc2)CCCC1=O. The molecule has 1 aliphatic carbocycles. The largest absolute Gasteiger partial charge is 0.295 e. The number of carbonyl (C=O) groups excluding carboxylic acids is 1. The topological polar surface area (TPSA) is 17.1 Å².